The second kappa shape index (κ2) is 10.7. The highest BCUT2D eigenvalue weighted by atomic mass is 35.5. The van der Waals surface area contributed by atoms with E-state index in [1.807, 2.05) is 13.8 Å². The van der Waals surface area contributed by atoms with Gasteiger partial charge in [-0.25, -0.2) is 5.43 Å². The maximum atomic E-state index is 11.6. The van der Waals surface area contributed by atoms with E-state index in [0.29, 0.717) is 15.8 Å². The SMILES string of the molecule is CC[C@@H](C)NC(=O)C(=O)N/N=C\c1ccc(OCc2c(Cl)cccc2Cl)cc1. The number of rotatable bonds is 7. The molecule has 0 heterocycles. The van der Waals surface area contributed by atoms with Crippen molar-refractivity contribution in [2.45, 2.75) is 32.9 Å². The van der Waals surface area contributed by atoms with Crippen LogP contribution in [0.5, 0.6) is 5.75 Å². The Hall–Kier alpha value is -2.57. The minimum atomic E-state index is -0.812. The summed E-state index contributed by atoms with van der Waals surface area (Å²) >= 11 is 12.2. The molecule has 148 valence electrons. The van der Waals surface area contributed by atoms with Gasteiger partial charge in [-0.1, -0.05) is 36.2 Å². The molecule has 0 aromatic heterocycles. The van der Waals surface area contributed by atoms with Crippen LogP contribution in [0.1, 0.15) is 31.4 Å². The van der Waals surface area contributed by atoms with Crippen LogP contribution in [0.2, 0.25) is 10.0 Å². The molecular weight excluding hydrogens is 401 g/mol. The van der Waals surface area contributed by atoms with Gasteiger partial charge in [0.25, 0.3) is 0 Å². The maximum absolute atomic E-state index is 11.6. The molecule has 0 unspecified atom stereocenters. The van der Waals surface area contributed by atoms with Crippen LogP contribution < -0.4 is 15.5 Å². The van der Waals surface area contributed by atoms with Gasteiger partial charge in [-0.2, -0.15) is 5.10 Å². The van der Waals surface area contributed by atoms with Gasteiger partial charge in [-0.3, -0.25) is 9.59 Å². The van der Waals surface area contributed by atoms with Crippen LogP contribution >= 0.6 is 23.2 Å². The Labute approximate surface area is 173 Å². The molecule has 8 heteroatoms. The van der Waals surface area contributed by atoms with Gasteiger partial charge < -0.3 is 10.1 Å². The fourth-order valence-corrected chi connectivity index (χ4v) is 2.59. The van der Waals surface area contributed by atoms with Gasteiger partial charge in [0.15, 0.2) is 0 Å². The molecule has 2 aromatic rings. The lowest BCUT2D eigenvalue weighted by Gasteiger charge is -2.10. The number of carbonyl (C=O) groups is 2. The second-order valence-electron chi connectivity index (χ2n) is 6.04. The zero-order valence-corrected chi connectivity index (χ0v) is 17.1. The normalized spacial score (nSPS) is 11.9. The molecule has 0 aliphatic heterocycles. The first-order chi connectivity index (χ1) is 13.4. The first-order valence-electron chi connectivity index (χ1n) is 8.70. The first kappa shape index (κ1) is 21.7. The lowest BCUT2D eigenvalue weighted by atomic mass is 10.2. The van der Waals surface area contributed by atoms with Crippen LogP contribution in [-0.2, 0) is 16.2 Å². The molecular formula is C20H21Cl2N3O3. The standard InChI is InChI=1S/C20H21Cl2N3O3/c1-3-13(2)24-19(26)20(27)25-23-11-14-7-9-15(10-8-14)28-12-16-17(21)5-4-6-18(16)22/h4-11,13H,3,12H2,1-2H3,(H,24,26)(H,25,27)/b23-11-/t13-/m1/s1. The summed E-state index contributed by atoms with van der Waals surface area (Å²) in [6.07, 6.45) is 2.17. The molecule has 0 radical (unpaired) electrons. The van der Waals surface area contributed by atoms with E-state index in [9.17, 15) is 9.59 Å². The van der Waals surface area contributed by atoms with Gasteiger partial charge in [0, 0.05) is 21.7 Å². The monoisotopic (exact) mass is 421 g/mol. The highest BCUT2D eigenvalue weighted by Gasteiger charge is 2.14. The highest BCUT2D eigenvalue weighted by Crippen LogP contribution is 2.25. The molecule has 2 amide bonds. The predicted molar refractivity (Wildman–Crippen MR) is 111 cm³/mol. The third-order valence-corrected chi connectivity index (χ3v) is 4.61. The fraction of sp³-hybridized carbons (Fsp3) is 0.250. The third kappa shape index (κ3) is 6.55. The van der Waals surface area contributed by atoms with Gasteiger partial charge in [0.05, 0.1) is 6.21 Å². The fourth-order valence-electron chi connectivity index (χ4n) is 2.08. The van der Waals surface area contributed by atoms with Gasteiger partial charge in [0.1, 0.15) is 12.4 Å². The molecule has 28 heavy (non-hydrogen) atoms. The van der Waals surface area contributed by atoms with Gasteiger partial charge >= 0.3 is 11.8 Å². The van der Waals surface area contributed by atoms with E-state index in [1.54, 1.807) is 42.5 Å². The molecule has 6 nitrogen and oxygen atoms in total. The Balaban J connectivity index is 1.86. The summed E-state index contributed by atoms with van der Waals surface area (Å²) in [4.78, 5) is 23.2. The Morgan fingerprint density at radius 3 is 2.36 bits per heavy atom. The van der Waals surface area contributed by atoms with Crippen molar-refractivity contribution in [2.24, 2.45) is 5.10 Å². The van der Waals surface area contributed by atoms with Gasteiger partial charge in [0.2, 0.25) is 0 Å². The van der Waals surface area contributed by atoms with Crippen molar-refractivity contribution < 1.29 is 14.3 Å². The molecule has 0 aliphatic rings. The van der Waals surface area contributed by atoms with E-state index >= 15 is 0 Å². The number of halogens is 2. The Morgan fingerprint density at radius 2 is 1.75 bits per heavy atom. The summed E-state index contributed by atoms with van der Waals surface area (Å²) in [5.74, 6) is -0.897. The number of hydrogen-bond donors (Lipinski definition) is 2. The van der Waals surface area contributed by atoms with Gasteiger partial charge in [-0.15, -0.1) is 0 Å². The van der Waals surface area contributed by atoms with E-state index in [1.165, 1.54) is 6.21 Å². The number of amides is 2. The van der Waals surface area contributed by atoms with E-state index in [-0.39, 0.29) is 12.6 Å². The topological polar surface area (TPSA) is 79.8 Å². The van der Waals surface area contributed by atoms with Crippen LogP contribution in [0.15, 0.2) is 47.6 Å². The number of nitrogens with zero attached hydrogens (tertiary/aromatic N) is 1. The number of hydrazone groups is 1. The molecule has 0 bridgehead atoms. The Kier molecular flexibility index (Phi) is 8.29. The van der Waals surface area contributed by atoms with Crippen LogP contribution in [0.25, 0.3) is 0 Å². The van der Waals surface area contributed by atoms with Crippen LogP contribution in [0.4, 0.5) is 0 Å². The largest absolute Gasteiger partial charge is 0.489 e. The molecule has 2 N–H and O–H groups in total. The van der Waals surface area contributed by atoms with Crippen LogP contribution in [0.3, 0.4) is 0 Å². The highest BCUT2D eigenvalue weighted by molar-refractivity contribution is 6.36. The first-order valence-corrected chi connectivity index (χ1v) is 9.46. The molecule has 2 rings (SSSR count). The Morgan fingerprint density at radius 1 is 1.11 bits per heavy atom. The number of benzene rings is 2. The molecule has 2 aromatic carbocycles. The van der Waals surface area contributed by atoms with Crippen molar-refractivity contribution in [3.05, 3.63) is 63.6 Å². The number of hydrogen-bond acceptors (Lipinski definition) is 4. The van der Waals surface area contributed by atoms with E-state index in [2.05, 4.69) is 15.8 Å². The van der Waals surface area contributed by atoms with Crippen LogP contribution in [-0.4, -0.2) is 24.1 Å². The third-order valence-electron chi connectivity index (χ3n) is 3.90. The lowest BCUT2D eigenvalue weighted by molar-refractivity contribution is -0.139. The molecule has 0 aliphatic carbocycles. The quantitative estimate of drug-likeness (QED) is 0.403. The number of nitrogens with one attached hydrogen (secondary N) is 2. The smallest absolute Gasteiger partial charge is 0.329 e. The van der Waals surface area contributed by atoms with Crippen molar-refractivity contribution in [2.75, 3.05) is 0 Å². The molecule has 0 fully saturated rings. The summed E-state index contributed by atoms with van der Waals surface area (Å²) in [5.41, 5.74) is 3.64. The summed E-state index contributed by atoms with van der Waals surface area (Å²) in [7, 11) is 0. The molecule has 0 saturated heterocycles. The van der Waals surface area contributed by atoms with Crippen molar-refractivity contribution in [3.8, 4) is 5.75 Å². The summed E-state index contributed by atoms with van der Waals surface area (Å²) in [6, 6.07) is 12.2. The van der Waals surface area contributed by atoms with E-state index < -0.39 is 11.8 Å². The van der Waals surface area contributed by atoms with E-state index in [4.69, 9.17) is 27.9 Å². The van der Waals surface area contributed by atoms with Crippen molar-refractivity contribution in [1.82, 2.24) is 10.7 Å². The zero-order chi connectivity index (χ0) is 20.5. The van der Waals surface area contributed by atoms with Gasteiger partial charge in [-0.05, 0) is 55.3 Å². The minimum Gasteiger partial charge on any atom is -0.489 e. The minimum absolute atomic E-state index is 0.0737. The summed E-state index contributed by atoms with van der Waals surface area (Å²) in [6.45, 7) is 3.97. The van der Waals surface area contributed by atoms with Crippen molar-refractivity contribution in [1.29, 1.82) is 0 Å². The maximum Gasteiger partial charge on any atom is 0.329 e. The Bertz CT molecular complexity index is 834. The van der Waals surface area contributed by atoms with Crippen molar-refractivity contribution >= 4 is 41.2 Å². The van der Waals surface area contributed by atoms with Crippen LogP contribution in [0, 0.1) is 0 Å². The average Bonchev–Trinajstić information content (AvgIpc) is 2.68. The molecule has 1 atom stereocenters. The average molecular weight is 422 g/mol. The van der Waals surface area contributed by atoms with E-state index in [0.717, 1.165) is 17.5 Å². The van der Waals surface area contributed by atoms with Crippen molar-refractivity contribution in [3.63, 3.8) is 0 Å². The summed E-state index contributed by atoms with van der Waals surface area (Å²) in [5, 5.41) is 7.43. The number of carbonyl (C=O) groups excluding carboxylic acids is 2. The predicted octanol–water partition coefficient (Wildman–Crippen LogP) is 3.94. The zero-order valence-electron chi connectivity index (χ0n) is 15.5. The second-order valence-corrected chi connectivity index (χ2v) is 6.85. The molecule has 0 saturated carbocycles. The summed E-state index contributed by atoms with van der Waals surface area (Å²) < 4.78 is 5.69. The number of ether oxygens (including phenoxy) is 1. The molecule has 0 spiro atoms. The lowest BCUT2D eigenvalue weighted by Crippen LogP contribution is -2.41.